The molecule has 2 nitrogen and oxygen atoms in total. The fourth-order valence-electron chi connectivity index (χ4n) is 2.26. The predicted molar refractivity (Wildman–Crippen MR) is 96.0 cm³/mol. The second-order valence-corrected chi connectivity index (χ2v) is 6.67. The highest BCUT2D eigenvalue weighted by molar-refractivity contribution is 7.99. The molecule has 0 saturated carbocycles. The highest BCUT2D eigenvalue weighted by Gasteiger charge is 2.05. The van der Waals surface area contributed by atoms with Gasteiger partial charge < -0.3 is 4.74 Å². The van der Waals surface area contributed by atoms with Crippen LogP contribution in [0.3, 0.4) is 0 Å². The molecule has 3 heteroatoms. The van der Waals surface area contributed by atoms with Gasteiger partial charge in [0, 0.05) is 16.2 Å². The Balaban J connectivity index is 1.75. The molecule has 0 bridgehead atoms. The van der Waals surface area contributed by atoms with Crippen LogP contribution >= 0.6 is 11.8 Å². The first-order chi connectivity index (χ1) is 11.3. The van der Waals surface area contributed by atoms with Gasteiger partial charge in [0.25, 0.3) is 0 Å². The van der Waals surface area contributed by atoms with Gasteiger partial charge in [-0.2, -0.15) is 0 Å². The van der Waals surface area contributed by atoms with Crippen LogP contribution in [-0.2, 0) is 4.79 Å². The summed E-state index contributed by atoms with van der Waals surface area (Å²) in [5.74, 6) is 0.492. The molecule has 0 radical (unpaired) electrons. The number of rotatable bonds is 9. The van der Waals surface area contributed by atoms with Gasteiger partial charge in [0.15, 0.2) is 0 Å². The van der Waals surface area contributed by atoms with Crippen molar-refractivity contribution < 1.29 is 9.53 Å². The van der Waals surface area contributed by atoms with E-state index in [0.29, 0.717) is 12.2 Å². The lowest BCUT2D eigenvalue weighted by atomic mass is 10.1. The van der Waals surface area contributed by atoms with E-state index in [1.807, 2.05) is 42.5 Å². The molecule has 0 aliphatic rings. The lowest BCUT2D eigenvalue weighted by molar-refractivity contribution is -0.134. The van der Waals surface area contributed by atoms with Crippen LogP contribution in [0.4, 0.5) is 0 Å². The maximum atomic E-state index is 11.8. The topological polar surface area (TPSA) is 26.3 Å². The maximum absolute atomic E-state index is 11.8. The Morgan fingerprint density at radius 2 is 1.52 bits per heavy atom. The molecule has 0 aromatic heterocycles. The van der Waals surface area contributed by atoms with E-state index in [9.17, 15) is 4.79 Å². The molecule has 0 spiro atoms. The molecule has 0 fully saturated rings. The van der Waals surface area contributed by atoms with Gasteiger partial charge in [-0.25, -0.2) is 0 Å². The third-order valence-electron chi connectivity index (χ3n) is 3.52. The largest absolute Gasteiger partial charge is 0.427 e. The molecule has 2 aromatic carbocycles. The molecule has 0 N–H and O–H groups in total. The summed E-state index contributed by atoms with van der Waals surface area (Å²) in [5.41, 5.74) is 0. The van der Waals surface area contributed by atoms with E-state index in [1.165, 1.54) is 24.2 Å². The Morgan fingerprint density at radius 1 is 0.870 bits per heavy atom. The van der Waals surface area contributed by atoms with E-state index < -0.39 is 0 Å². The second-order valence-electron chi connectivity index (χ2n) is 5.52. The maximum Gasteiger partial charge on any atom is 0.311 e. The van der Waals surface area contributed by atoms with E-state index in [-0.39, 0.29) is 5.97 Å². The van der Waals surface area contributed by atoms with Crippen molar-refractivity contribution in [3.8, 4) is 5.75 Å². The Hall–Kier alpha value is -1.74. The average molecular weight is 328 g/mol. The number of unbranched alkanes of at least 4 members (excludes halogenated alkanes) is 4. The van der Waals surface area contributed by atoms with Crippen molar-refractivity contribution >= 4 is 17.7 Å². The molecule has 23 heavy (non-hydrogen) atoms. The number of carbonyl (C=O) groups is 1. The average Bonchev–Trinajstić information content (AvgIpc) is 2.57. The molecule has 0 aliphatic carbocycles. The Bertz CT molecular complexity index is 578. The van der Waals surface area contributed by atoms with Gasteiger partial charge in [-0.3, -0.25) is 4.79 Å². The summed E-state index contributed by atoms with van der Waals surface area (Å²) < 4.78 is 5.38. The van der Waals surface area contributed by atoms with E-state index in [4.69, 9.17) is 4.74 Å². The third kappa shape index (κ3) is 6.91. The number of hydrogen-bond acceptors (Lipinski definition) is 3. The van der Waals surface area contributed by atoms with Crippen molar-refractivity contribution in [2.45, 2.75) is 55.2 Å². The van der Waals surface area contributed by atoms with E-state index >= 15 is 0 Å². The zero-order valence-corrected chi connectivity index (χ0v) is 14.5. The number of carbonyl (C=O) groups excluding carboxylic acids is 1. The molecule has 0 saturated heterocycles. The minimum Gasteiger partial charge on any atom is -0.427 e. The van der Waals surface area contributed by atoms with Gasteiger partial charge in [0.05, 0.1) is 0 Å². The van der Waals surface area contributed by atoms with Gasteiger partial charge in [-0.15, -0.1) is 0 Å². The molecule has 0 aliphatic heterocycles. The van der Waals surface area contributed by atoms with Crippen molar-refractivity contribution in [3.05, 3.63) is 54.6 Å². The SMILES string of the molecule is CCCCCCCC(=O)Oc1ccc(Sc2ccccc2)cc1. The number of esters is 1. The van der Waals surface area contributed by atoms with Gasteiger partial charge >= 0.3 is 5.97 Å². The fraction of sp³-hybridized carbons (Fsp3) is 0.350. The van der Waals surface area contributed by atoms with Crippen LogP contribution < -0.4 is 4.74 Å². The summed E-state index contributed by atoms with van der Waals surface area (Å²) in [6.45, 7) is 2.19. The monoisotopic (exact) mass is 328 g/mol. The summed E-state index contributed by atoms with van der Waals surface area (Å²) in [6.07, 6.45) is 6.20. The number of benzene rings is 2. The summed E-state index contributed by atoms with van der Waals surface area (Å²) >= 11 is 1.70. The number of hydrogen-bond donors (Lipinski definition) is 0. The predicted octanol–water partition coefficient (Wildman–Crippen LogP) is 6.10. The first kappa shape index (κ1) is 17.6. The second kappa shape index (κ2) is 10.1. The van der Waals surface area contributed by atoms with Gasteiger partial charge in [-0.05, 0) is 42.8 Å². The van der Waals surface area contributed by atoms with Crippen molar-refractivity contribution in [3.63, 3.8) is 0 Å². The molecule has 122 valence electrons. The normalized spacial score (nSPS) is 10.5. The zero-order valence-electron chi connectivity index (χ0n) is 13.7. The Labute approximate surface area is 143 Å². The van der Waals surface area contributed by atoms with Crippen LogP contribution in [0.1, 0.15) is 45.4 Å². The molecule has 2 aromatic rings. The van der Waals surface area contributed by atoms with Crippen LogP contribution in [-0.4, -0.2) is 5.97 Å². The molecular weight excluding hydrogens is 304 g/mol. The van der Waals surface area contributed by atoms with Gasteiger partial charge in [0.2, 0.25) is 0 Å². The van der Waals surface area contributed by atoms with E-state index in [1.54, 1.807) is 11.8 Å². The highest BCUT2D eigenvalue weighted by Crippen LogP contribution is 2.28. The van der Waals surface area contributed by atoms with Crippen LogP contribution in [0.2, 0.25) is 0 Å². The van der Waals surface area contributed by atoms with Crippen molar-refractivity contribution in [1.29, 1.82) is 0 Å². The zero-order chi connectivity index (χ0) is 16.3. The number of ether oxygens (including phenoxy) is 1. The molecule has 0 amide bonds. The lowest BCUT2D eigenvalue weighted by Crippen LogP contribution is -2.07. The van der Waals surface area contributed by atoms with Crippen molar-refractivity contribution in [1.82, 2.24) is 0 Å². The van der Waals surface area contributed by atoms with Crippen LogP contribution in [0, 0.1) is 0 Å². The van der Waals surface area contributed by atoms with Crippen molar-refractivity contribution in [2.24, 2.45) is 0 Å². The quantitative estimate of drug-likeness (QED) is 0.316. The van der Waals surface area contributed by atoms with Gasteiger partial charge in [-0.1, -0.05) is 62.6 Å². The van der Waals surface area contributed by atoms with Crippen LogP contribution in [0.5, 0.6) is 5.75 Å². The summed E-state index contributed by atoms with van der Waals surface area (Å²) in [6, 6.07) is 17.9. The summed E-state index contributed by atoms with van der Waals surface area (Å²) in [5, 5.41) is 0. The smallest absolute Gasteiger partial charge is 0.311 e. The molecule has 0 atom stereocenters. The van der Waals surface area contributed by atoms with Crippen molar-refractivity contribution in [2.75, 3.05) is 0 Å². The minimum absolute atomic E-state index is 0.134. The first-order valence-electron chi connectivity index (χ1n) is 8.31. The highest BCUT2D eigenvalue weighted by atomic mass is 32.2. The van der Waals surface area contributed by atoms with Gasteiger partial charge in [0.1, 0.15) is 5.75 Å². The van der Waals surface area contributed by atoms with Crippen LogP contribution in [0.15, 0.2) is 64.4 Å². The third-order valence-corrected chi connectivity index (χ3v) is 4.53. The van der Waals surface area contributed by atoms with E-state index in [0.717, 1.165) is 17.7 Å². The molecular formula is C20H24O2S. The minimum atomic E-state index is -0.134. The van der Waals surface area contributed by atoms with E-state index in [2.05, 4.69) is 19.1 Å². The fourth-order valence-corrected chi connectivity index (χ4v) is 3.09. The standard InChI is InChI=1S/C20H24O2S/c1-2-3-4-5-9-12-20(21)22-17-13-15-19(16-14-17)23-18-10-7-6-8-11-18/h6-8,10-11,13-16H,2-5,9,12H2,1H3. The summed E-state index contributed by atoms with van der Waals surface area (Å²) in [7, 11) is 0. The summed E-state index contributed by atoms with van der Waals surface area (Å²) in [4.78, 5) is 14.1. The Kier molecular flexibility index (Phi) is 7.74. The lowest BCUT2D eigenvalue weighted by Gasteiger charge is -2.06. The molecule has 0 unspecified atom stereocenters. The van der Waals surface area contributed by atoms with Crippen LogP contribution in [0.25, 0.3) is 0 Å². The Morgan fingerprint density at radius 3 is 2.22 bits per heavy atom. The molecule has 2 rings (SSSR count). The first-order valence-corrected chi connectivity index (χ1v) is 9.13. The molecule has 0 heterocycles.